The first-order valence-corrected chi connectivity index (χ1v) is 9.51. The Hall–Kier alpha value is -3.41. The van der Waals surface area contributed by atoms with Crippen molar-refractivity contribution >= 4 is 28.8 Å². The highest BCUT2D eigenvalue weighted by atomic mass is 16.1. The average Bonchev–Trinajstić information content (AvgIpc) is 2.68. The van der Waals surface area contributed by atoms with Gasteiger partial charge in [-0.3, -0.25) is 4.79 Å². The lowest BCUT2D eigenvalue weighted by Crippen LogP contribution is -2.15. The smallest absolute Gasteiger partial charge is 0.275 e. The van der Waals surface area contributed by atoms with Gasteiger partial charge in [0, 0.05) is 31.2 Å². The zero-order valence-electron chi connectivity index (χ0n) is 17.5. The highest BCUT2D eigenvalue weighted by Crippen LogP contribution is 2.30. The number of benzene rings is 2. The van der Waals surface area contributed by atoms with E-state index in [2.05, 4.69) is 47.4 Å². The maximum atomic E-state index is 12.4. The third-order valence-corrected chi connectivity index (χ3v) is 4.52. The van der Waals surface area contributed by atoms with E-state index in [-0.39, 0.29) is 17.0 Å². The summed E-state index contributed by atoms with van der Waals surface area (Å²) in [5.41, 5.74) is 4.20. The summed E-state index contributed by atoms with van der Waals surface area (Å²) in [7, 11) is 3.94. The Morgan fingerprint density at radius 2 is 1.62 bits per heavy atom. The first kappa shape index (κ1) is 20.3. The molecule has 0 spiro atoms. The molecule has 6 nitrogen and oxygen atoms in total. The third kappa shape index (κ3) is 5.10. The van der Waals surface area contributed by atoms with Crippen molar-refractivity contribution in [2.24, 2.45) is 0 Å². The fraction of sp³-hybridized carbons (Fsp3) is 0.261. The number of hydrogen-bond acceptors (Lipinski definition) is 5. The van der Waals surface area contributed by atoms with E-state index in [9.17, 15) is 4.79 Å². The van der Waals surface area contributed by atoms with Crippen LogP contribution < -0.4 is 15.5 Å². The fourth-order valence-electron chi connectivity index (χ4n) is 2.93. The molecular formula is C23H27N5O. The lowest BCUT2D eigenvalue weighted by Gasteiger charge is -2.23. The van der Waals surface area contributed by atoms with Crippen molar-refractivity contribution in [2.75, 3.05) is 29.6 Å². The van der Waals surface area contributed by atoms with E-state index < -0.39 is 0 Å². The van der Waals surface area contributed by atoms with E-state index in [0.717, 1.165) is 11.4 Å². The van der Waals surface area contributed by atoms with Crippen molar-refractivity contribution in [1.82, 2.24) is 9.97 Å². The number of carbonyl (C=O) groups is 1. The van der Waals surface area contributed by atoms with Gasteiger partial charge < -0.3 is 15.5 Å². The van der Waals surface area contributed by atoms with Gasteiger partial charge in [0.05, 0.1) is 12.4 Å². The largest absolute Gasteiger partial charge is 0.378 e. The minimum Gasteiger partial charge on any atom is -0.378 e. The Morgan fingerprint density at radius 1 is 0.931 bits per heavy atom. The Bertz CT molecular complexity index is 973. The van der Waals surface area contributed by atoms with Gasteiger partial charge in [0.15, 0.2) is 0 Å². The maximum absolute atomic E-state index is 12.4. The molecule has 0 saturated heterocycles. The highest BCUT2D eigenvalue weighted by Gasteiger charge is 2.18. The standard InChI is InChI=1S/C23H27N5O/c1-23(2,3)18-8-6-7-9-19(18)27-21-15-24-20(14-25-21)22(29)26-16-10-12-17(13-11-16)28(4)5/h6-15H,1-5H3,(H,25,27)(H,26,29). The molecule has 29 heavy (non-hydrogen) atoms. The van der Waals surface area contributed by atoms with E-state index in [0.29, 0.717) is 11.5 Å². The summed E-state index contributed by atoms with van der Waals surface area (Å²) in [5, 5.41) is 6.14. The number of anilines is 4. The van der Waals surface area contributed by atoms with Gasteiger partial charge in [-0.1, -0.05) is 39.0 Å². The molecule has 6 heteroatoms. The molecular weight excluding hydrogens is 362 g/mol. The number of rotatable bonds is 5. The van der Waals surface area contributed by atoms with Crippen LogP contribution in [-0.4, -0.2) is 30.0 Å². The van der Waals surface area contributed by atoms with Crippen LogP contribution in [0.15, 0.2) is 60.9 Å². The molecule has 0 aliphatic heterocycles. The van der Waals surface area contributed by atoms with Crippen LogP contribution in [-0.2, 0) is 5.41 Å². The summed E-state index contributed by atoms with van der Waals surface area (Å²) in [5.74, 6) is 0.297. The van der Waals surface area contributed by atoms with E-state index in [1.807, 2.05) is 61.5 Å². The van der Waals surface area contributed by atoms with Crippen molar-refractivity contribution in [1.29, 1.82) is 0 Å². The van der Waals surface area contributed by atoms with Gasteiger partial charge in [-0.15, -0.1) is 0 Å². The van der Waals surface area contributed by atoms with Crippen LogP contribution in [0.1, 0.15) is 36.8 Å². The number of hydrogen-bond donors (Lipinski definition) is 2. The molecule has 1 aromatic heterocycles. The van der Waals surface area contributed by atoms with Crippen molar-refractivity contribution in [3.05, 3.63) is 72.2 Å². The summed E-state index contributed by atoms with van der Waals surface area (Å²) < 4.78 is 0. The van der Waals surface area contributed by atoms with Gasteiger partial charge in [-0.2, -0.15) is 0 Å². The summed E-state index contributed by atoms with van der Waals surface area (Å²) in [6.07, 6.45) is 3.05. The van der Waals surface area contributed by atoms with Crippen LogP contribution >= 0.6 is 0 Å². The minimum absolute atomic E-state index is 0.00101. The Kier molecular flexibility index (Phi) is 5.82. The normalized spacial score (nSPS) is 11.1. The summed E-state index contributed by atoms with van der Waals surface area (Å²) in [6, 6.07) is 15.7. The number of nitrogens with zero attached hydrogens (tertiary/aromatic N) is 3. The molecule has 2 aromatic carbocycles. The van der Waals surface area contributed by atoms with Gasteiger partial charge in [0.25, 0.3) is 5.91 Å². The topological polar surface area (TPSA) is 70.2 Å². The van der Waals surface area contributed by atoms with Gasteiger partial charge in [-0.25, -0.2) is 9.97 Å². The molecule has 3 aromatic rings. The van der Waals surface area contributed by atoms with Crippen molar-refractivity contribution in [3.8, 4) is 0 Å². The average molecular weight is 390 g/mol. The van der Waals surface area contributed by atoms with Crippen molar-refractivity contribution in [3.63, 3.8) is 0 Å². The van der Waals surface area contributed by atoms with Gasteiger partial charge >= 0.3 is 0 Å². The SMILES string of the molecule is CN(C)c1ccc(NC(=O)c2cnc(Nc3ccccc3C(C)(C)C)cn2)cc1. The molecule has 0 aliphatic carbocycles. The summed E-state index contributed by atoms with van der Waals surface area (Å²) in [4.78, 5) is 23.1. The Balaban J connectivity index is 1.70. The van der Waals surface area contributed by atoms with Crippen LogP contribution in [0.25, 0.3) is 0 Å². The molecule has 0 aliphatic rings. The van der Waals surface area contributed by atoms with E-state index in [1.54, 1.807) is 6.20 Å². The molecule has 3 rings (SSSR count). The molecule has 2 N–H and O–H groups in total. The monoisotopic (exact) mass is 389 g/mol. The summed E-state index contributed by atoms with van der Waals surface area (Å²) in [6.45, 7) is 6.49. The highest BCUT2D eigenvalue weighted by molar-refractivity contribution is 6.02. The van der Waals surface area contributed by atoms with Crippen molar-refractivity contribution < 1.29 is 4.79 Å². The molecule has 0 radical (unpaired) electrons. The Labute approximate surface area is 172 Å². The predicted molar refractivity (Wildman–Crippen MR) is 119 cm³/mol. The molecule has 1 amide bonds. The first-order chi connectivity index (χ1) is 13.7. The molecule has 0 unspecified atom stereocenters. The quantitative estimate of drug-likeness (QED) is 0.654. The fourth-order valence-corrected chi connectivity index (χ4v) is 2.93. The lowest BCUT2D eigenvalue weighted by molar-refractivity contribution is 0.102. The van der Waals surface area contributed by atoms with Crippen LogP contribution in [0, 0.1) is 0 Å². The van der Waals surface area contributed by atoms with Crippen LogP contribution in [0.3, 0.4) is 0 Å². The summed E-state index contributed by atoms with van der Waals surface area (Å²) >= 11 is 0. The first-order valence-electron chi connectivity index (χ1n) is 9.51. The molecule has 0 fully saturated rings. The van der Waals surface area contributed by atoms with Gasteiger partial charge in [0.1, 0.15) is 11.5 Å². The second-order valence-corrected chi connectivity index (χ2v) is 8.10. The predicted octanol–water partition coefficient (Wildman–Crippen LogP) is 4.84. The second-order valence-electron chi connectivity index (χ2n) is 8.10. The molecule has 0 bridgehead atoms. The molecule has 1 heterocycles. The van der Waals surface area contributed by atoms with Gasteiger partial charge in [0.2, 0.25) is 0 Å². The second kappa shape index (κ2) is 8.31. The zero-order chi connectivity index (χ0) is 21.0. The molecule has 0 saturated carbocycles. The van der Waals surface area contributed by atoms with Gasteiger partial charge in [-0.05, 0) is 41.3 Å². The number of carbonyl (C=O) groups excluding carboxylic acids is 1. The zero-order valence-corrected chi connectivity index (χ0v) is 17.5. The van der Waals surface area contributed by atoms with Crippen LogP contribution in [0.2, 0.25) is 0 Å². The lowest BCUT2D eigenvalue weighted by atomic mass is 9.86. The van der Waals surface area contributed by atoms with Crippen LogP contribution in [0.5, 0.6) is 0 Å². The molecule has 150 valence electrons. The number of para-hydroxylation sites is 1. The van der Waals surface area contributed by atoms with E-state index in [1.165, 1.54) is 11.8 Å². The third-order valence-electron chi connectivity index (χ3n) is 4.52. The maximum Gasteiger partial charge on any atom is 0.275 e. The van der Waals surface area contributed by atoms with Crippen molar-refractivity contribution in [2.45, 2.75) is 26.2 Å². The number of amides is 1. The minimum atomic E-state index is -0.295. The Morgan fingerprint density at radius 3 is 2.21 bits per heavy atom. The van der Waals surface area contributed by atoms with E-state index >= 15 is 0 Å². The molecule has 0 atom stereocenters. The number of aromatic nitrogens is 2. The van der Waals surface area contributed by atoms with E-state index in [4.69, 9.17) is 0 Å². The number of nitrogens with one attached hydrogen (secondary N) is 2. The van der Waals surface area contributed by atoms with Crippen LogP contribution in [0.4, 0.5) is 22.9 Å².